The van der Waals surface area contributed by atoms with Gasteiger partial charge in [-0.2, -0.15) is 5.10 Å². The number of halogens is 1. The summed E-state index contributed by atoms with van der Waals surface area (Å²) in [6.45, 7) is -0.00906. The number of carbonyl (C=O) groups excluding carboxylic acids is 1. The molecular weight excluding hydrogens is 591 g/mol. The molecule has 3 heterocycles. The number of H-pyrrole nitrogens is 2. The van der Waals surface area contributed by atoms with Crippen LogP contribution in [0.2, 0.25) is 0 Å². The molecule has 228 valence electrons. The van der Waals surface area contributed by atoms with Crippen molar-refractivity contribution >= 4 is 43.4 Å². The lowest BCUT2D eigenvalue weighted by molar-refractivity contribution is -0.119. The number of carbonyl (C=O) groups is 1. The van der Waals surface area contributed by atoms with E-state index >= 15 is 0 Å². The van der Waals surface area contributed by atoms with E-state index in [9.17, 15) is 17.6 Å². The van der Waals surface area contributed by atoms with Gasteiger partial charge in [0.2, 0.25) is 15.9 Å². The van der Waals surface area contributed by atoms with Gasteiger partial charge in [0.1, 0.15) is 11.5 Å². The van der Waals surface area contributed by atoms with Gasteiger partial charge in [0.25, 0.3) is 0 Å². The summed E-state index contributed by atoms with van der Waals surface area (Å²) in [6, 6.07) is 20.3. The van der Waals surface area contributed by atoms with Crippen LogP contribution in [0.1, 0.15) is 31.2 Å². The van der Waals surface area contributed by atoms with Crippen molar-refractivity contribution < 1.29 is 17.6 Å². The molecule has 0 aliphatic heterocycles. The lowest BCUT2D eigenvalue weighted by Gasteiger charge is -2.11. The highest BCUT2D eigenvalue weighted by atomic mass is 32.2. The van der Waals surface area contributed by atoms with Crippen LogP contribution in [0.15, 0.2) is 79.1 Å². The summed E-state index contributed by atoms with van der Waals surface area (Å²) in [4.78, 5) is 20.5. The van der Waals surface area contributed by atoms with Crippen molar-refractivity contribution in [2.45, 2.75) is 32.2 Å². The Balaban J connectivity index is 1.22. The van der Waals surface area contributed by atoms with Crippen LogP contribution >= 0.6 is 0 Å². The summed E-state index contributed by atoms with van der Waals surface area (Å²) >= 11 is 0. The molecule has 0 radical (unpaired) electrons. The summed E-state index contributed by atoms with van der Waals surface area (Å²) in [5.41, 5.74) is 7.66. The number of nitrogens with zero attached hydrogens (tertiary/aromatic N) is 2. The number of pyridine rings is 1. The maximum atomic E-state index is 14.6. The van der Waals surface area contributed by atoms with Crippen LogP contribution in [0.5, 0.6) is 0 Å². The second-order valence-corrected chi connectivity index (χ2v) is 13.5. The van der Waals surface area contributed by atoms with E-state index in [0.29, 0.717) is 16.8 Å². The van der Waals surface area contributed by atoms with Crippen molar-refractivity contribution in [1.29, 1.82) is 0 Å². The molecule has 1 aliphatic carbocycles. The predicted octanol–water partition coefficient (Wildman–Crippen LogP) is 6.76. The van der Waals surface area contributed by atoms with Crippen molar-refractivity contribution in [2.24, 2.45) is 5.92 Å². The minimum Gasteiger partial charge on any atom is -0.353 e. The fraction of sp³-hybridized carbons (Fsp3) is 0.206. The summed E-state index contributed by atoms with van der Waals surface area (Å²) in [7, 11) is -3.43. The maximum absolute atomic E-state index is 14.6. The van der Waals surface area contributed by atoms with Gasteiger partial charge in [-0.15, -0.1) is 0 Å². The first-order valence-electron chi connectivity index (χ1n) is 14.8. The lowest BCUT2D eigenvalue weighted by Crippen LogP contribution is -2.21. The van der Waals surface area contributed by atoms with Crippen LogP contribution in [-0.2, 0) is 21.4 Å². The summed E-state index contributed by atoms with van der Waals surface area (Å²) < 4.78 is 40.3. The Labute approximate surface area is 259 Å². The van der Waals surface area contributed by atoms with Gasteiger partial charge in [-0.25, -0.2) is 17.5 Å². The molecule has 0 atom stereocenters. The van der Waals surface area contributed by atoms with Crippen LogP contribution in [-0.4, -0.2) is 40.7 Å². The normalized spacial score (nSPS) is 14.0. The number of anilines is 1. The Morgan fingerprint density at radius 3 is 2.60 bits per heavy atom. The highest BCUT2D eigenvalue weighted by Gasteiger charge is 2.23. The first-order valence-corrected chi connectivity index (χ1v) is 16.7. The third-order valence-corrected chi connectivity index (χ3v) is 9.02. The maximum Gasteiger partial charge on any atom is 0.227 e. The van der Waals surface area contributed by atoms with E-state index in [-0.39, 0.29) is 18.4 Å². The zero-order valence-electron chi connectivity index (χ0n) is 24.5. The monoisotopic (exact) mass is 622 g/mol. The molecule has 4 N–H and O–H groups in total. The molecule has 9 nitrogen and oxygen atoms in total. The average Bonchev–Trinajstić information content (AvgIpc) is 3.79. The summed E-state index contributed by atoms with van der Waals surface area (Å²) in [5, 5.41) is 12.6. The second kappa shape index (κ2) is 11.6. The van der Waals surface area contributed by atoms with Crippen LogP contribution < -0.4 is 10.0 Å². The van der Waals surface area contributed by atoms with E-state index < -0.39 is 15.8 Å². The Bertz CT molecular complexity index is 2180. The average molecular weight is 623 g/mol. The quantitative estimate of drug-likeness (QED) is 0.149. The van der Waals surface area contributed by atoms with Crippen molar-refractivity contribution in [3.05, 3.63) is 90.5 Å². The zero-order chi connectivity index (χ0) is 31.1. The first kappa shape index (κ1) is 28.9. The molecular formula is C34H31FN6O3S. The fourth-order valence-corrected chi connectivity index (χ4v) is 6.58. The van der Waals surface area contributed by atoms with Gasteiger partial charge in [-0.1, -0.05) is 31.0 Å². The molecule has 1 saturated carbocycles. The Morgan fingerprint density at radius 1 is 0.933 bits per heavy atom. The number of aromatic amines is 2. The lowest BCUT2D eigenvalue weighted by atomic mass is 9.99. The first-order chi connectivity index (χ1) is 21.7. The van der Waals surface area contributed by atoms with Gasteiger partial charge < -0.3 is 10.3 Å². The Morgan fingerprint density at radius 2 is 1.78 bits per heavy atom. The van der Waals surface area contributed by atoms with Crippen LogP contribution in [0.3, 0.4) is 0 Å². The number of hydrogen-bond donors (Lipinski definition) is 4. The standard InChI is InChI=1S/C34H31FN6O3S/c1-45(43,44)37-17-20-11-23(13-25(35)12-20)27-7-4-8-30-28(27)16-32(39-30)33-29-15-22(9-10-31(29)40-41-33)24-14-26(19-36-18-24)38-34(42)21-5-2-3-6-21/h4,7-16,18-19,21,37,39H,2-3,5-6,17H2,1H3,(H,38,42)(H,40,41). The molecule has 7 rings (SSSR count). The van der Waals surface area contributed by atoms with Crippen LogP contribution in [0.25, 0.3) is 55.4 Å². The van der Waals surface area contributed by atoms with Gasteiger partial charge in [0, 0.05) is 40.5 Å². The molecule has 1 aliphatic rings. The topological polar surface area (TPSA) is 133 Å². The van der Waals surface area contributed by atoms with Gasteiger partial charge in [-0.05, 0) is 83.6 Å². The third kappa shape index (κ3) is 6.09. The molecule has 0 bridgehead atoms. The van der Waals surface area contributed by atoms with Gasteiger partial charge in [-0.3, -0.25) is 14.9 Å². The minimum absolute atomic E-state index is 0.00906. The van der Waals surface area contributed by atoms with Crippen molar-refractivity contribution in [2.75, 3.05) is 11.6 Å². The Kier molecular flexibility index (Phi) is 7.42. The second-order valence-electron chi connectivity index (χ2n) is 11.7. The Hall–Kier alpha value is -4.87. The van der Waals surface area contributed by atoms with Crippen molar-refractivity contribution in [3.63, 3.8) is 0 Å². The number of nitrogens with one attached hydrogen (secondary N) is 4. The van der Waals surface area contributed by atoms with E-state index in [1.807, 2.05) is 48.5 Å². The van der Waals surface area contributed by atoms with Gasteiger partial charge in [0.15, 0.2) is 0 Å². The smallest absolute Gasteiger partial charge is 0.227 e. The van der Waals surface area contributed by atoms with E-state index in [1.165, 1.54) is 12.1 Å². The number of hydrogen-bond acceptors (Lipinski definition) is 5. The van der Waals surface area contributed by atoms with Crippen LogP contribution in [0.4, 0.5) is 10.1 Å². The molecule has 6 aromatic rings. The molecule has 0 spiro atoms. The number of fused-ring (bicyclic) bond motifs is 2. The minimum atomic E-state index is -3.43. The van der Waals surface area contributed by atoms with E-state index in [4.69, 9.17) is 0 Å². The number of aromatic nitrogens is 4. The zero-order valence-corrected chi connectivity index (χ0v) is 25.3. The van der Waals surface area contributed by atoms with E-state index in [0.717, 1.165) is 81.8 Å². The molecule has 45 heavy (non-hydrogen) atoms. The summed E-state index contributed by atoms with van der Waals surface area (Å²) in [6.07, 6.45) is 8.57. The molecule has 1 amide bonds. The molecule has 11 heteroatoms. The predicted molar refractivity (Wildman–Crippen MR) is 174 cm³/mol. The number of amides is 1. The van der Waals surface area contributed by atoms with Crippen LogP contribution in [0, 0.1) is 11.7 Å². The third-order valence-electron chi connectivity index (χ3n) is 8.35. The SMILES string of the molecule is CS(=O)(=O)NCc1cc(F)cc(-c2cccc3[nH]c(-c4n[nH]c5ccc(-c6cncc(NC(=O)C7CCCC7)c6)cc45)cc23)c1. The van der Waals surface area contributed by atoms with E-state index in [2.05, 4.69) is 30.2 Å². The summed E-state index contributed by atoms with van der Waals surface area (Å²) in [5.74, 6) is -0.333. The highest BCUT2D eigenvalue weighted by Crippen LogP contribution is 2.36. The molecule has 3 aromatic carbocycles. The largest absolute Gasteiger partial charge is 0.353 e. The number of benzene rings is 3. The van der Waals surface area contributed by atoms with Crippen molar-refractivity contribution in [1.82, 2.24) is 24.9 Å². The van der Waals surface area contributed by atoms with Gasteiger partial charge in [0.05, 0.1) is 29.4 Å². The fourth-order valence-electron chi connectivity index (χ4n) is 6.15. The highest BCUT2D eigenvalue weighted by molar-refractivity contribution is 7.88. The molecule has 1 fully saturated rings. The molecule has 0 unspecified atom stereocenters. The number of sulfonamides is 1. The van der Waals surface area contributed by atoms with E-state index in [1.54, 1.807) is 18.5 Å². The van der Waals surface area contributed by atoms with Crippen molar-refractivity contribution in [3.8, 4) is 33.6 Å². The number of rotatable bonds is 8. The van der Waals surface area contributed by atoms with Gasteiger partial charge >= 0.3 is 0 Å². The molecule has 0 saturated heterocycles. The molecule has 3 aromatic heterocycles.